The van der Waals surface area contributed by atoms with Gasteiger partial charge in [0.05, 0.1) is 6.42 Å². The second-order valence-corrected chi connectivity index (χ2v) is 5.57. The number of carboxylic acid groups (broad SMARTS) is 1. The van der Waals surface area contributed by atoms with Crippen LogP contribution in [0.1, 0.15) is 15.6 Å². The molecule has 0 radical (unpaired) electrons. The van der Waals surface area contributed by atoms with E-state index in [-0.39, 0.29) is 6.42 Å². The molecule has 0 spiro atoms. The molecule has 0 unspecified atom stereocenters. The standard InChI is InChI=1S/C13H17N3O2S/c1-16-7-6-15-12(16)4-5-14-9-11-3-2-10(19-11)8-13(17)18/h2-3,6-7,14H,4-5,8-9H2,1H3,(H,17,18). The predicted molar refractivity (Wildman–Crippen MR) is 74.3 cm³/mol. The lowest BCUT2D eigenvalue weighted by atomic mass is 10.3. The zero-order valence-electron chi connectivity index (χ0n) is 10.8. The first-order valence-corrected chi connectivity index (χ1v) is 6.93. The van der Waals surface area contributed by atoms with Crippen molar-refractivity contribution in [1.29, 1.82) is 0 Å². The summed E-state index contributed by atoms with van der Waals surface area (Å²) in [4.78, 5) is 16.9. The number of thiophene rings is 1. The van der Waals surface area contributed by atoms with Gasteiger partial charge in [-0.1, -0.05) is 0 Å². The van der Waals surface area contributed by atoms with E-state index in [1.54, 1.807) is 17.5 Å². The Kier molecular flexibility index (Phi) is 4.70. The number of carbonyl (C=O) groups is 1. The smallest absolute Gasteiger partial charge is 0.308 e. The maximum atomic E-state index is 10.6. The Bertz CT molecular complexity index is 548. The molecule has 0 bridgehead atoms. The fourth-order valence-electron chi connectivity index (χ4n) is 1.81. The minimum absolute atomic E-state index is 0.109. The van der Waals surface area contributed by atoms with Gasteiger partial charge in [-0.05, 0) is 12.1 Å². The van der Waals surface area contributed by atoms with Crippen LogP contribution in [0.2, 0.25) is 0 Å². The second-order valence-electron chi connectivity index (χ2n) is 4.32. The Morgan fingerprint density at radius 3 is 2.95 bits per heavy atom. The monoisotopic (exact) mass is 279 g/mol. The number of hydrogen-bond acceptors (Lipinski definition) is 4. The van der Waals surface area contributed by atoms with Gasteiger partial charge in [0, 0.05) is 48.7 Å². The summed E-state index contributed by atoms with van der Waals surface area (Å²) in [5.74, 6) is 0.279. The van der Waals surface area contributed by atoms with Gasteiger partial charge in [-0.3, -0.25) is 4.79 Å². The van der Waals surface area contributed by atoms with Crippen molar-refractivity contribution in [3.8, 4) is 0 Å². The molecule has 0 aromatic carbocycles. The van der Waals surface area contributed by atoms with Crippen LogP contribution in [-0.4, -0.2) is 27.2 Å². The minimum atomic E-state index is -0.781. The van der Waals surface area contributed by atoms with E-state index in [1.165, 1.54) is 0 Å². The molecule has 2 heterocycles. The van der Waals surface area contributed by atoms with Crippen LogP contribution in [0, 0.1) is 0 Å². The first-order valence-electron chi connectivity index (χ1n) is 6.11. The molecule has 0 aliphatic carbocycles. The molecular formula is C13H17N3O2S. The molecule has 2 rings (SSSR count). The molecule has 0 saturated heterocycles. The van der Waals surface area contributed by atoms with E-state index in [2.05, 4.69) is 10.3 Å². The van der Waals surface area contributed by atoms with Crippen molar-refractivity contribution in [3.05, 3.63) is 40.1 Å². The lowest BCUT2D eigenvalue weighted by molar-refractivity contribution is -0.136. The fourth-order valence-corrected chi connectivity index (χ4v) is 2.79. The highest BCUT2D eigenvalue weighted by Gasteiger charge is 2.04. The van der Waals surface area contributed by atoms with Crippen LogP contribution in [0.15, 0.2) is 24.5 Å². The van der Waals surface area contributed by atoms with Crippen LogP contribution in [-0.2, 0) is 31.2 Å². The van der Waals surface area contributed by atoms with E-state index in [1.807, 2.05) is 29.9 Å². The average Bonchev–Trinajstić information content (AvgIpc) is 2.94. The second kappa shape index (κ2) is 6.49. The highest BCUT2D eigenvalue weighted by atomic mass is 32.1. The Balaban J connectivity index is 1.72. The van der Waals surface area contributed by atoms with Gasteiger partial charge >= 0.3 is 5.97 Å². The summed E-state index contributed by atoms with van der Waals surface area (Å²) >= 11 is 1.55. The molecule has 0 saturated carbocycles. The summed E-state index contributed by atoms with van der Waals surface area (Å²) in [6.07, 6.45) is 4.73. The van der Waals surface area contributed by atoms with Gasteiger partial charge in [-0.15, -0.1) is 11.3 Å². The Labute approximate surface area is 115 Å². The van der Waals surface area contributed by atoms with Gasteiger partial charge in [-0.25, -0.2) is 4.98 Å². The van der Waals surface area contributed by atoms with Crippen molar-refractivity contribution in [1.82, 2.24) is 14.9 Å². The number of rotatable bonds is 7. The molecule has 0 aliphatic heterocycles. The summed E-state index contributed by atoms with van der Waals surface area (Å²) in [6, 6.07) is 3.87. The SMILES string of the molecule is Cn1ccnc1CCNCc1ccc(CC(=O)O)s1. The number of nitrogens with one attached hydrogen (secondary N) is 1. The molecule has 5 nitrogen and oxygen atoms in total. The largest absolute Gasteiger partial charge is 0.481 e. The van der Waals surface area contributed by atoms with Crippen LogP contribution in [0.25, 0.3) is 0 Å². The Morgan fingerprint density at radius 1 is 1.47 bits per heavy atom. The Morgan fingerprint density at radius 2 is 2.26 bits per heavy atom. The van der Waals surface area contributed by atoms with Crippen molar-refractivity contribution in [2.75, 3.05) is 6.54 Å². The molecule has 0 amide bonds. The third-order valence-corrected chi connectivity index (χ3v) is 3.87. The quantitative estimate of drug-likeness (QED) is 0.753. The van der Waals surface area contributed by atoms with Crippen molar-refractivity contribution in [3.63, 3.8) is 0 Å². The van der Waals surface area contributed by atoms with Gasteiger partial charge in [0.15, 0.2) is 0 Å². The molecule has 19 heavy (non-hydrogen) atoms. The molecule has 6 heteroatoms. The third kappa shape index (κ3) is 4.18. The molecule has 102 valence electrons. The van der Waals surface area contributed by atoms with Crippen LogP contribution in [0.3, 0.4) is 0 Å². The molecule has 2 aromatic rings. The number of hydrogen-bond donors (Lipinski definition) is 2. The van der Waals surface area contributed by atoms with Crippen LogP contribution in [0.5, 0.6) is 0 Å². The zero-order valence-corrected chi connectivity index (χ0v) is 11.6. The number of carboxylic acids is 1. The molecule has 0 atom stereocenters. The van der Waals surface area contributed by atoms with Gasteiger partial charge in [0.25, 0.3) is 0 Å². The lowest BCUT2D eigenvalue weighted by Gasteiger charge is -2.03. The van der Waals surface area contributed by atoms with E-state index in [9.17, 15) is 4.79 Å². The number of aliphatic carboxylic acids is 1. The summed E-state index contributed by atoms with van der Waals surface area (Å²) < 4.78 is 2.01. The summed E-state index contributed by atoms with van der Waals surface area (Å²) in [5, 5.41) is 12.0. The van der Waals surface area contributed by atoms with Crippen molar-refractivity contribution >= 4 is 17.3 Å². The van der Waals surface area contributed by atoms with Gasteiger partial charge in [-0.2, -0.15) is 0 Å². The maximum Gasteiger partial charge on any atom is 0.308 e. The summed E-state index contributed by atoms with van der Waals surface area (Å²) in [6.45, 7) is 1.63. The fraction of sp³-hybridized carbons (Fsp3) is 0.385. The van der Waals surface area contributed by atoms with E-state index >= 15 is 0 Å². The number of nitrogens with zero attached hydrogens (tertiary/aromatic N) is 2. The zero-order chi connectivity index (χ0) is 13.7. The first-order chi connectivity index (χ1) is 9.15. The predicted octanol–water partition coefficient (Wildman–Crippen LogP) is 1.44. The normalized spacial score (nSPS) is 10.8. The lowest BCUT2D eigenvalue weighted by Crippen LogP contribution is -2.17. The third-order valence-electron chi connectivity index (χ3n) is 2.79. The van der Waals surface area contributed by atoms with Crippen molar-refractivity contribution < 1.29 is 9.90 Å². The van der Waals surface area contributed by atoms with Crippen molar-refractivity contribution in [2.45, 2.75) is 19.4 Å². The first kappa shape index (κ1) is 13.8. The maximum absolute atomic E-state index is 10.6. The van der Waals surface area contributed by atoms with Gasteiger partial charge in [0.1, 0.15) is 5.82 Å². The van der Waals surface area contributed by atoms with E-state index in [0.29, 0.717) is 0 Å². The molecule has 2 N–H and O–H groups in total. The molecular weight excluding hydrogens is 262 g/mol. The van der Waals surface area contributed by atoms with Crippen molar-refractivity contribution in [2.24, 2.45) is 7.05 Å². The van der Waals surface area contributed by atoms with Gasteiger partial charge < -0.3 is 15.0 Å². The van der Waals surface area contributed by atoms with Crippen LogP contribution >= 0.6 is 11.3 Å². The van der Waals surface area contributed by atoms with Crippen LogP contribution in [0.4, 0.5) is 0 Å². The van der Waals surface area contributed by atoms with E-state index in [4.69, 9.17) is 5.11 Å². The number of imidazole rings is 1. The number of aryl methyl sites for hydroxylation is 1. The van der Waals surface area contributed by atoms with E-state index in [0.717, 1.165) is 35.1 Å². The number of aromatic nitrogens is 2. The summed E-state index contributed by atoms with van der Waals surface area (Å²) in [7, 11) is 1.99. The summed E-state index contributed by atoms with van der Waals surface area (Å²) in [5.41, 5.74) is 0. The molecule has 0 aliphatic rings. The average molecular weight is 279 g/mol. The van der Waals surface area contributed by atoms with E-state index < -0.39 is 5.97 Å². The van der Waals surface area contributed by atoms with Gasteiger partial charge in [0.2, 0.25) is 0 Å². The highest BCUT2D eigenvalue weighted by molar-refractivity contribution is 7.12. The minimum Gasteiger partial charge on any atom is -0.481 e. The Hall–Kier alpha value is -1.66. The molecule has 0 fully saturated rings. The molecule has 2 aromatic heterocycles. The van der Waals surface area contributed by atoms with Crippen LogP contribution < -0.4 is 5.32 Å². The topological polar surface area (TPSA) is 67.2 Å². The highest BCUT2D eigenvalue weighted by Crippen LogP contribution is 2.16.